The van der Waals surface area contributed by atoms with Crippen molar-refractivity contribution in [2.75, 3.05) is 0 Å². The molecule has 1 aliphatic heterocycles. The van der Waals surface area contributed by atoms with Gasteiger partial charge < -0.3 is 0 Å². The number of carbonyl (C=O) groups excluding carboxylic acids is 2. The third-order valence-corrected chi connectivity index (χ3v) is 3.44. The second-order valence-corrected chi connectivity index (χ2v) is 4.97. The lowest BCUT2D eigenvalue weighted by atomic mass is 10.0. The molecule has 1 aromatic carbocycles. The molecule has 2 rings (SSSR count). The fourth-order valence-electron chi connectivity index (χ4n) is 2.03. The zero-order chi connectivity index (χ0) is 14.0. The predicted octanol–water partition coefficient (Wildman–Crippen LogP) is 1.93. The molecular formula is C13H14ClFN2O2. The first-order chi connectivity index (χ1) is 8.97. The van der Waals surface area contributed by atoms with Gasteiger partial charge in [-0.25, -0.2) is 4.39 Å². The summed E-state index contributed by atoms with van der Waals surface area (Å²) in [7, 11) is 0. The third kappa shape index (κ3) is 3.30. The van der Waals surface area contributed by atoms with E-state index in [1.807, 2.05) is 6.92 Å². The smallest absolute Gasteiger partial charge is 0.243 e. The number of piperidine rings is 1. The minimum atomic E-state index is -0.490. The van der Waals surface area contributed by atoms with Gasteiger partial charge in [0, 0.05) is 12.5 Å². The molecule has 19 heavy (non-hydrogen) atoms. The van der Waals surface area contributed by atoms with Crippen LogP contribution in [0.1, 0.15) is 31.4 Å². The Morgan fingerprint density at radius 1 is 1.47 bits per heavy atom. The van der Waals surface area contributed by atoms with Gasteiger partial charge in [0.15, 0.2) is 0 Å². The van der Waals surface area contributed by atoms with E-state index >= 15 is 0 Å². The van der Waals surface area contributed by atoms with Crippen molar-refractivity contribution in [2.45, 2.75) is 31.8 Å². The number of hydrogen-bond donors (Lipinski definition) is 2. The minimum absolute atomic E-state index is 0.0666. The van der Waals surface area contributed by atoms with Gasteiger partial charge in [0.1, 0.15) is 5.82 Å². The van der Waals surface area contributed by atoms with Crippen molar-refractivity contribution in [2.24, 2.45) is 0 Å². The molecule has 2 amide bonds. The number of nitrogens with one attached hydrogen (secondary N) is 2. The summed E-state index contributed by atoms with van der Waals surface area (Å²) >= 11 is 5.62. The van der Waals surface area contributed by atoms with Crippen LogP contribution in [0.25, 0.3) is 0 Å². The average molecular weight is 285 g/mol. The number of carbonyl (C=O) groups is 2. The summed E-state index contributed by atoms with van der Waals surface area (Å²) in [5, 5.41) is 5.42. The van der Waals surface area contributed by atoms with Crippen LogP contribution in [0.5, 0.6) is 0 Å². The van der Waals surface area contributed by atoms with Crippen LogP contribution in [0, 0.1) is 5.82 Å². The van der Waals surface area contributed by atoms with Crippen LogP contribution in [0.4, 0.5) is 4.39 Å². The van der Waals surface area contributed by atoms with Gasteiger partial charge in [-0.3, -0.25) is 20.2 Å². The third-order valence-electron chi connectivity index (χ3n) is 3.13. The summed E-state index contributed by atoms with van der Waals surface area (Å²) in [6.07, 6.45) is 0.760. The zero-order valence-corrected chi connectivity index (χ0v) is 11.1. The molecule has 0 saturated carbocycles. The van der Waals surface area contributed by atoms with E-state index in [0.717, 1.165) is 0 Å². The molecule has 2 N–H and O–H groups in total. The first-order valence-electron chi connectivity index (χ1n) is 6.02. The van der Waals surface area contributed by atoms with Crippen LogP contribution in [-0.4, -0.2) is 17.9 Å². The Labute approximate surface area is 115 Å². The van der Waals surface area contributed by atoms with E-state index in [-0.39, 0.29) is 22.9 Å². The highest BCUT2D eigenvalue weighted by Gasteiger charge is 2.27. The summed E-state index contributed by atoms with van der Waals surface area (Å²) < 4.78 is 13.4. The Bertz CT molecular complexity index is 521. The van der Waals surface area contributed by atoms with Crippen LogP contribution in [-0.2, 0) is 9.59 Å². The lowest BCUT2D eigenvalue weighted by molar-refractivity contribution is -0.134. The first-order valence-corrected chi connectivity index (χ1v) is 6.40. The predicted molar refractivity (Wildman–Crippen MR) is 69.1 cm³/mol. The van der Waals surface area contributed by atoms with Crippen LogP contribution in [0.15, 0.2) is 18.2 Å². The van der Waals surface area contributed by atoms with Gasteiger partial charge in [0.05, 0.1) is 11.1 Å². The van der Waals surface area contributed by atoms with Gasteiger partial charge >= 0.3 is 0 Å². The van der Waals surface area contributed by atoms with Crippen molar-refractivity contribution in [3.05, 3.63) is 34.6 Å². The van der Waals surface area contributed by atoms with E-state index in [9.17, 15) is 14.0 Å². The maximum Gasteiger partial charge on any atom is 0.243 e. The zero-order valence-electron chi connectivity index (χ0n) is 10.4. The Kier molecular flexibility index (Phi) is 4.17. The standard InChI is InChI=1S/C13H14ClFN2O2/c1-7(8-2-3-9(14)10(15)6-8)16-11-4-5-12(18)17-13(11)19/h2-3,6-7,11,16H,4-5H2,1H3,(H,17,18,19). The maximum absolute atomic E-state index is 13.4. The van der Waals surface area contributed by atoms with Crippen LogP contribution in [0.3, 0.4) is 0 Å². The van der Waals surface area contributed by atoms with Gasteiger partial charge in [0.25, 0.3) is 0 Å². The Balaban J connectivity index is 2.04. The number of amides is 2. The largest absolute Gasteiger partial charge is 0.299 e. The number of rotatable bonds is 3. The van der Waals surface area contributed by atoms with Crippen molar-refractivity contribution in [3.63, 3.8) is 0 Å². The topological polar surface area (TPSA) is 58.2 Å². The molecular weight excluding hydrogens is 271 g/mol. The molecule has 0 spiro atoms. The van der Waals surface area contributed by atoms with Crippen molar-refractivity contribution >= 4 is 23.4 Å². The number of benzene rings is 1. The normalized spacial score (nSPS) is 21.1. The quantitative estimate of drug-likeness (QED) is 0.834. The summed E-state index contributed by atoms with van der Waals surface area (Å²) in [5.74, 6) is -1.08. The Morgan fingerprint density at radius 2 is 2.21 bits per heavy atom. The molecule has 1 fully saturated rings. The van der Waals surface area contributed by atoms with Crippen molar-refractivity contribution in [1.82, 2.24) is 10.6 Å². The van der Waals surface area contributed by atoms with E-state index in [2.05, 4.69) is 10.6 Å². The molecule has 0 radical (unpaired) electrons. The highest BCUT2D eigenvalue weighted by atomic mass is 35.5. The van der Waals surface area contributed by atoms with Gasteiger partial charge in [-0.1, -0.05) is 17.7 Å². The van der Waals surface area contributed by atoms with Crippen molar-refractivity contribution in [1.29, 1.82) is 0 Å². The maximum atomic E-state index is 13.4. The molecule has 1 aromatic rings. The Morgan fingerprint density at radius 3 is 2.84 bits per heavy atom. The van der Waals surface area contributed by atoms with Crippen LogP contribution >= 0.6 is 11.6 Å². The molecule has 102 valence electrons. The van der Waals surface area contributed by atoms with E-state index in [1.165, 1.54) is 12.1 Å². The second kappa shape index (κ2) is 5.67. The van der Waals surface area contributed by atoms with E-state index < -0.39 is 11.9 Å². The Hall–Kier alpha value is -1.46. The summed E-state index contributed by atoms with van der Waals surface area (Å²) in [6, 6.07) is 3.87. The summed E-state index contributed by atoms with van der Waals surface area (Å²) in [4.78, 5) is 22.6. The van der Waals surface area contributed by atoms with E-state index in [4.69, 9.17) is 11.6 Å². The molecule has 4 nitrogen and oxygen atoms in total. The second-order valence-electron chi connectivity index (χ2n) is 4.57. The molecule has 0 aliphatic carbocycles. The molecule has 2 unspecified atom stereocenters. The molecule has 1 heterocycles. The molecule has 2 atom stereocenters. The van der Waals surface area contributed by atoms with Crippen LogP contribution < -0.4 is 10.6 Å². The first kappa shape index (κ1) is 14.0. The van der Waals surface area contributed by atoms with Gasteiger partial charge in [-0.15, -0.1) is 0 Å². The molecule has 0 bridgehead atoms. The molecule has 6 heteroatoms. The lowest BCUT2D eigenvalue weighted by Crippen LogP contribution is -2.51. The van der Waals surface area contributed by atoms with Gasteiger partial charge in [-0.2, -0.15) is 0 Å². The molecule has 1 aliphatic rings. The fraction of sp³-hybridized carbons (Fsp3) is 0.385. The number of imide groups is 1. The minimum Gasteiger partial charge on any atom is -0.299 e. The van der Waals surface area contributed by atoms with Crippen molar-refractivity contribution < 1.29 is 14.0 Å². The molecule has 0 aromatic heterocycles. The van der Waals surface area contributed by atoms with Crippen molar-refractivity contribution in [3.8, 4) is 0 Å². The van der Waals surface area contributed by atoms with E-state index in [1.54, 1.807) is 6.07 Å². The number of hydrogen-bond acceptors (Lipinski definition) is 3. The fourth-order valence-corrected chi connectivity index (χ4v) is 2.15. The van der Waals surface area contributed by atoms with Crippen LogP contribution in [0.2, 0.25) is 5.02 Å². The highest BCUT2D eigenvalue weighted by molar-refractivity contribution is 6.30. The average Bonchev–Trinajstić information content (AvgIpc) is 2.36. The van der Waals surface area contributed by atoms with Gasteiger partial charge in [0.2, 0.25) is 11.8 Å². The summed E-state index contributed by atoms with van der Waals surface area (Å²) in [6.45, 7) is 1.83. The number of halogens is 2. The highest BCUT2D eigenvalue weighted by Crippen LogP contribution is 2.21. The molecule has 1 saturated heterocycles. The summed E-state index contributed by atoms with van der Waals surface area (Å²) in [5.41, 5.74) is 0.701. The lowest BCUT2D eigenvalue weighted by Gasteiger charge is -2.25. The SMILES string of the molecule is CC(NC1CCC(=O)NC1=O)c1ccc(Cl)c(F)c1. The monoisotopic (exact) mass is 284 g/mol. The van der Waals surface area contributed by atoms with Gasteiger partial charge in [-0.05, 0) is 31.0 Å². The van der Waals surface area contributed by atoms with E-state index in [0.29, 0.717) is 18.4 Å².